The molecule has 1 aliphatic heterocycles. The van der Waals surface area contributed by atoms with Gasteiger partial charge >= 0.3 is 0 Å². The topological polar surface area (TPSA) is 30.8 Å². The van der Waals surface area contributed by atoms with Gasteiger partial charge in [0.2, 0.25) is 0 Å². The van der Waals surface area contributed by atoms with Crippen LogP contribution < -0.4 is 0 Å². The summed E-state index contributed by atoms with van der Waals surface area (Å²) in [5, 5.41) is 0. The number of nitrogens with zero attached hydrogens (tertiary/aromatic N) is 1. The third kappa shape index (κ3) is 3.31. The Morgan fingerprint density at radius 2 is 2.26 bits per heavy atom. The molecule has 0 spiro atoms. The van der Waals surface area contributed by atoms with Gasteiger partial charge in [-0.05, 0) is 25.2 Å². The Balaban J connectivity index is 2.07. The van der Waals surface area contributed by atoms with Crippen molar-refractivity contribution < 1.29 is 9.47 Å². The number of aliphatic imine (C=N–C) groups is 1. The van der Waals surface area contributed by atoms with Gasteiger partial charge in [-0.1, -0.05) is 39.5 Å². The Kier molecular flexibility index (Phi) is 5.26. The summed E-state index contributed by atoms with van der Waals surface area (Å²) in [4.78, 5) is 4.80. The first-order chi connectivity index (χ1) is 9.20. The van der Waals surface area contributed by atoms with E-state index in [9.17, 15) is 0 Å². The predicted molar refractivity (Wildman–Crippen MR) is 78.6 cm³/mol. The van der Waals surface area contributed by atoms with Gasteiger partial charge in [0.05, 0.1) is 6.61 Å². The Hall–Kier alpha value is -0.570. The Morgan fingerprint density at radius 3 is 3.00 bits per heavy atom. The van der Waals surface area contributed by atoms with E-state index in [2.05, 4.69) is 13.8 Å². The molecule has 2 aliphatic rings. The first-order valence-corrected chi connectivity index (χ1v) is 7.90. The number of unbranched alkanes of at least 4 members (excludes halogenated alkanes) is 1. The minimum Gasteiger partial charge on any atom is -0.478 e. The van der Waals surface area contributed by atoms with E-state index in [4.69, 9.17) is 14.5 Å². The summed E-state index contributed by atoms with van der Waals surface area (Å²) in [6.45, 7) is 6.04. The largest absolute Gasteiger partial charge is 0.478 e. The second-order valence-electron chi connectivity index (χ2n) is 6.36. The van der Waals surface area contributed by atoms with Crippen LogP contribution in [0.25, 0.3) is 0 Å². The summed E-state index contributed by atoms with van der Waals surface area (Å²) >= 11 is 0. The number of hydrogen-bond donors (Lipinski definition) is 0. The lowest BCUT2D eigenvalue weighted by atomic mass is 9.65. The number of hydrogen-bond acceptors (Lipinski definition) is 3. The minimum atomic E-state index is 0.176. The van der Waals surface area contributed by atoms with Crippen LogP contribution >= 0.6 is 0 Å². The van der Waals surface area contributed by atoms with Crippen LogP contribution in [0.4, 0.5) is 0 Å². The molecule has 1 heterocycles. The number of ether oxygens (including phenoxy) is 2. The smallest absolute Gasteiger partial charge is 0.190 e. The minimum absolute atomic E-state index is 0.176. The van der Waals surface area contributed by atoms with Crippen molar-refractivity contribution >= 4 is 5.90 Å². The molecule has 0 aromatic heterocycles. The van der Waals surface area contributed by atoms with Crippen molar-refractivity contribution in [3.8, 4) is 0 Å². The normalized spacial score (nSPS) is 35.0. The SMILES string of the molecule is CCCC[C@@H]1CCCC[C@]1(C)C1=N[C@H](COC)CO1. The van der Waals surface area contributed by atoms with E-state index >= 15 is 0 Å². The summed E-state index contributed by atoms with van der Waals surface area (Å²) in [6, 6.07) is 0.213. The molecule has 0 aromatic rings. The molecule has 3 atom stereocenters. The summed E-state index contributed by atoms with van der Waals surface area (Å²) in [6.07, 6.45) is 9.20. The quantitative estimate of drug-likeness (QED) is 0.732. The van der Waals surface area contributed by atoms with Crippen LogP contribution in [0.1, 0.15) is 58.8 Å². The van der Waals surface area contributed by atoms with Crippen LogP contribution in [0, 0.1) is 11.3 Å². The molecule has 0 aromatic carbocycles. The van der Waals surface area contributed by atoms with Gasteiger partial charge in [-0.3, -0.25) is 0 Å². The van der Waals surface area contributed by atoms with Crippen molar-refractivity contribution in [1.82, 2.24) is 0 Å². The molecule has 1 aliphatic carbocycles. The van der Waals surface area contributed by atoms with Crippen molar-refractivity contribution in [2.45, 2.75) is 64.8 Å². The maximum atomic E-state index is 5.94. The lowest BCUT2D eigenvalue weighted by Gasteiger charge is -2.40. The van der Waals surface area contributed by atoms with Crippen molar-refractivity contribution in [3.63, 3.8) is 0 Å². The van der Waals surface area contributed by atoms with Crippen LogP contribution in [0.2, 0.25) is 0 Å². The van der Waals surface area contributed by atoms with E-state index < -0.39 is 0 Å². The molecule has 0 amide bonds. The zero-order valence-corrected chi connectivity index (χ0v) is 12.8. The van der Waals surface area contributed by atoms with Crippen LogP contribution in [-0.4, -0.2) is 32.3 Å². The van der Waals surface area contributed by atoms with Crippen LogP contribution in [0.15, 0.2) is 4.99 Å². The highest BCUT2D eigenvalue weighted by molar-refractivity contribution is 5.84. The first kappa shape index (κ1) is 14.8. The van der Waals surface area contributed by atoms with Gasteiger partial charge in [0, 0.05) is 12.5 Å². The average Bonchev–Trinajstić information content (AvgIpc) is 2.88. The molecule has 3 nitrogen and oxygen atoms in total. The molecular weight excluding hydrogens is 238 g/mol. The summed E-state index contributed by atoms with van der Waals surface area (Å²) in [5.74, 6) is 1.77. The molecule has 19 heavy (non-hydrogen) atoms. The number of rotatable bonds is 6. The van der Waals surface area contributed by atoms with Crippen LogP contribution in [0.5, 0.6) is 0 Å². The van der Waals surface area contributed by atoms with Gasteiger partial charge in [0.1, 0.15) is 12.6 Å². The Labute approximate surface area is 117 Å². The van der Waals surface area contributed by atoms with Crippen molar-refractivity contribution in [1.29, 1.82) is 0 Å². The molecule has 0 bridgehead atoms. The van der Waals surface area contributed by atoms with Gasteiger partial charge < -0.3 is 9.47 Å². The molecule has 0 saturated heterocycles. The molecule has 3 heteroatoms. The Morgan fingerprint density at radius 1 is 1.42 bits per heavy atom. The zero-order chi connectivity index (χ0) is 13.7. The van der Waals surface area contributed by atoms with E-state index in [1.54, 1.807) is 7.11 Å². The van der Waals surface area contributed by atoms with E-state index in [1.807, 2.05) is 0 Å². The van der Waals surface area contributed by atoms with Gasteiger partial charge in [-0.25, -0.2) is 4.99 Å². The van der Waals surface area contributed by atoms with Gasteiger partial charge in [-0.15, -0.1) is 0 Å². The third-order valence-electron chi connectivity index (χ3n) is 4.87. The van der Waals surface area contributed by atoms with E-state index in [0.29, 0.717) is 13.2 Å². The van der Waals surface area contributed by atoms with Crippen LogP contribution in [0.3, 0.4) is 0 Å². The molecule has 1 fully saturated rings. The highest BCUT2D eigenvalue weighted by Gasteiger charge is 2.43. The van der Waals surface area contributed by atoms with Crippen molar-refractivity contribution in [3.05, 3.63) is 0 Å². The summed E-state index contributed by atoms with van der Waals surface area (Å²) in [5.41, 5.74) is 0.176. The molecular formula is C16H29NO2. The maximum Gasteiger partial charge on any atom is 0.190 e. The molecule has 0 unspecified atom stereocenters. The summed E-state index contributed by atoms with van der Waals surface area (Å²) in [7, 11) is 1.74. The lowest BCUT2D eigenvalue weighted by molar-refractivity contribution is 0.135. The highest BCUT2D eigenvalue weighted by atomic mass is 16.5. The van der Waals surface area contributed by atoms with Crippen molar-refractivity contribution in [2.24, 2.45) is 16.3 Å². The molecule has 2 rings (SSSR count). The highest BCUT2D eigenvalue weighted by Crippen LogP contribution is 2.45. The first-order valence-electron chi connectivity index (χ1n) is 7.90. The van der Waals surface area contributed by atoms with Gasteiger partial charge in [-0.2, -0.15) is 0 Å². The van der Waals surface area contributed by atoms with Gasteiger partial charge in [0.15, 0.2) is 5.90 Å². The second kappa shape index (κ2) is 6.74. The Bertz CT molecular complexity index is 316. The molecule has 0 N–H and O–H groups in total. The fraction of sp³-hybridized carbons (Fsp3) is 0.938. The molecule has 0 radical (unpaired) electrons. The standard InChI is InChI=1S/C16H29NO2/c1-4-5-8-13-9-6-7-10-16(13,2)15-17-14(11-18-3)12-19-15/h13-14H,4-12H2,1-3H3/t13-,14-,16+/m1/s1. The van der Waals surface area contributed by atoms with E-state index in [0.717, 1.165) is 11.8 Å². The fourth-order valence-electron chi connectivity index (χ4n) is 3.61. The van der Waals surface area contributed by atoms with Crippen molar-refractivity contribution in [2.75, 3.05) is 20.3 Å². The summed E-state index contributed by atoms with van der Waals surface area (Å²) < 4.78 is 11.1. The average molecular weight is 267 g/mol. The van der Waals surface area contributed by atoms with Crippen LogP contribution in [-0.2, 0) is 9.47 Å². The third-order valence-corrected chi connectivity index (χ3v) is 4.87. The zero-order valence-electron chi connectivity index (χ0n) is 12.8. The second-order valence-corrected chi connectivity index (χ2v) is 6.36. The predicted octanol–water partition coefficient (Wildman–Crippen LogP) is 3.82. The van der Waals surface area contributed by atoms with E-state index in [-0.39, 0.29) is 11.5 Å². The lowest BCUT2D eigenvalue weighted by Crippen LogP contribution is -2.38. The maximum absolute atomic E-state index is 5.94. The van der Waals surface area contributed by atoms with Gasteiger partial charge in [0.25, 0.3) is 0 Å². The van der Waals surface area contributed by atoms with E-state index in [1.165, 1.54) is 44.9 Å². The molecule has 1 saturated carbocycles. The fourth-order valence-corrected chi connectivity index (χ4v) is 3.61. The number of methoxy groups -OCH3 is 1. The molecule has 110 valence electrons. The monoisotopic (exact) mass is 267 g/mol.